The first-order chi connectivity index (χ1) is 14.3. The van der Waals surface area contributed by atoms with Crippen molar-refractivity contribution >= 4 is 35.0 Å². The number of nitrogens with one attached hydrogen (secondary N) is 2. The van der Waals surface area contributed by atoms with E-state index in [0.29, 0.717) is 17.5 Å². The van der Waals surface area contributed by atoms with Crippen LogP contribution in [-0.4, -0.2) is 39.7 Å². The lowest BCUT2D eigenvalue weighted by molar-refractivity contribution is -0.137. The number of benzene rings is 1. The highest BCUT2D eigenvalue weighted by Crippen LogP contribution is 2.33. The number of fused-ring (bicyclic) bond motifs is 1. The summed E-state index contributed by atoms with van der Waals surface area (Å²) < 4.78 is 0. The molecule has 2 aliphatic heterocycles. The second-order valence-corrected chi connectivity index (χ2v) is 8.20. The maximum Gasteiger partial charge on any atom is 0.256 e. The van der Waals surface area contributed by atoms with Crippen LogP contribution in [0.25, 0.3) is 0 Å². The maximum atomic E-state index is 12.7. The van der Waals surface area contributed by atoms with Gasteiger partial charge in [0.2, 0.25) is 17.7 Å². The van der Waals surface area contributed by atoms with Gasteiger partial charge in [0.1, 0.15) is 17.8 Å². The summed E-state index contributed by atoms with van der Waals surface area (Å²) in [6.07, 6.45) is 0.503. The Morgan fingerprint density at radius 3 is 2.73 bits per heavy atom. The van der Waals surface area contributed by atoms with Crippen LogP contribution in [0.4, 0.5) is 0 Å². The van der Waals surface area contributed by atoms with Gasteiger partial charge in [-0.15, -0.1) is 11.3 Å². The number of piperidine rings is 1. The predicted molar refractivity (Wildman–Crippen MR) is 107 cm³/mol. The third-order valence-electron chi connectivity index (χ3n) is 5.34. The van der Waals surface area contributed by atoms with Gasteiger partial charge in [0, 0.05) is 23.2 Å². The molecule has 9 nitrogen and oxygen atoms in total. The molecule has 1 saturated heterocycles. The molecule has 2 aromatic rings. The van der Waals surface area contributed by atoms with Gasteiger partial charge in [-0.05, 0) is 29.7 Å². The Labute approximate surface area is 175 Å². The maximum absolute atomic E-state index is 12.7. The molecule has 4 amide bonds. The zero-order valence-electron chi connectivity index (χ0n) is 15.9. The SMILES string of the molecule is NC(C(=O)NCc1scc2c1CN(C1CCC(=O)NC1=O)C2=O)c1ccc(O)cc1. The normalized spacial score (nSPS) is 19.4. The number of nitrogens with zero attached hydrogens (tertiary/aromatic N) is 1. The summed E-state index contributed by atoms with van der Waals surface area (Å²) in [5.74, 6) is -1.32. The molecule has 1 fully saturated rings. The minimum atomic E-state index is -0.889. The zero-order chi connectivity index (χ0) is 21.4. The lowest BCUT2D eigenvalue weighted by atomic mass is 10.0. The number of amides is 4. The van der Waals surface area contributed by atoms with Crippen LogP contribution >= 0.6 is 11.3 Å². The molecular formula is C20H20N4O5S. The quantitative estimate of drug-likeness (QED) is 0.512. The first-order valence-corrected chi connectivity index (χ1v) is 10.3. The molecule has 0 radical (unpaired) electrons. The van der Waals surface area contributed by atoms with Gasteiger partial charge in [0.05, 0.1) is 12.1 Å². The van der Waals surface area contributed by atoms with Crippen LogP contribution < -0.4 is 16.4 Å². The number of phenolic OH excluding ortho intramolecular Hbond substituents is 1. The molecule has 0 saturated carbocycles. The lowest BCUT2D eigenvalue weighted by Gasteiger charge is -2.29. The first-order valence-electron chi connectivity index (χ1n) is 9.41. The number of carbonyl (C=O) groups excluding carboxylic acids is 4. The van der Waals surface area contributed by atoms with E-state index in [4.69, 9.17) is 5.73 Å². The van der Waals surface area contributed by atoms with Crippen molar-refractivity contribution < 1.29 is 24.3 Å². The Bertz CT molecular complexity index is 1030. The summed E-state index contributed by atoms with van der Waals surface area (Å²) in [6, 6.07) is 4.53. The van der Waals surface area contributed by atoms with E-state index in [0.717, 1.165) is 10.4 Å². The number of hydrogen-bond acceptors (Lipinski definition) is 7. The number of phenols is 1. The standard InChI is InChI=1S/C20H20N4O5S/c21-17(10-1-3-11(25)4-2-10)19(28)22-7-15-12-8-24(20(29)13(12)9-30-15)14-5-6-16(26)23-18(14)27/h1-4,9,14,17,25H,5-8,21H2,(H,22,28)(H,23,26,27). The van der Waals surface area contributed by atoms with Crippen LogP contribution in [-0.2, 0) is 27.5 Å². The van der Waals surface area contributed by atoms with Crippen molar-refractivity contribution in [2.24, 2.45) is 5.73 Å². The molecule has 2 aliphatic rings. The summed E-state index contributed by atoms with van der Waals surface area (Å²) in [5, 5.41) is 16.1. The number of rotatable bonds is 5. The van der Waals surface area contributed by atoms with E-state index in [1.165, 1.54) is 28.4 Å². The average molecular weight is 428 g/mol. The van der Waals surface area contributed by atoms with E-state index in [9.17, 15) is 24.3 Å². The number of imide groups is 1. The van der Waals surface area contributed by atoms with Crippen molar-refractivity contribution in [2.75, 3.05) is 0 Å². The Morgan fingerprint density at radius 2 is 2.03 bits per heavy atom. The van der Waals surface area contributed by atoms with Crippen molar-refractivity contribution in [3.8, 4) is 5.75 Å². The van der Waals surface area contributed by atoms with Gasteiger partial charge < -0.3 is 21.1 Å². The minimum absolute atomic E-state index is 0.0886. The molecule has 4 rings (SSSR count). The predicted octanol–water partition coefficient (Wildman–Crippen LogP) is 0.531. The number of carbonyl (C=O) groups is 4. The summed E-state index contributed by atoms with van der Waals surface area (Å²) in [7, 11) is 0. The van der Waals surface area contributed by atoms with Crippen LogP contribution in [0.5, 0.6) is 5.75 Å². The van der Waals surface area contributed by atoms with Crippen LogP contribution in [0.2, 0.25) is 0 Å². The number of aromatic hydroxyl groups is 1. The molecule has 10 heteroatoms. The molecule has 1 aromatic carbocycles. The summed E-state index contributed by atoms with van der Waals surface area (Å²) >= 11 is 1.37. The molecule has 2 atom stereocenters. The average Bonchev–Trinajstić information content (AvgIpc) is 3.26. The van der Waals surface area contributed by atoms with E-state index in [1.54, 1.807) is 17.5 Å². The highest BCUT2D eigenvalue weighted by molar-refractivity contribution is 7.10. The molecule has 0 bridgehead atoms. The molecule has 0 aliphatic carbocycles. The van der Waals surface area contributed by atoms with Crippen molar-refractivity contribution in [1.29, 1.82) is 0 Å². The van der Waals surface area contributed by atoms with Gasteiger partial charge in [-0.1, -0.05) is 12.1 Å². The van der Waals surface area contributed by atoms with Gasteiger partial charge in [-0.2, -0.15) is 0 Å². The number of thiophene rings is 1. The molecule has 30 heavy (non-hydrogen) atoms. The third-order valence-corrected chi connectivity index (χ3v) is 6.37. The van der Waals surface area contributed by atoms with Gasteiger partial charge in [0.25, 0.3) is 5.91 Å². The monoisotopic (exact) mass is 428 g/mol. The van der Waals surface area contributed by atoms with E-state index >= 15 is 0 Å². The van der Waals surface area contributed by atoms with E-state index in [2.05, 4.69) is 10.6 Å². The highest BCUT2D eigenvalue weighted by atomic mass is 32.1. The Morgan fingerprint density at radius 1 is 1.30 bits per heavy atom. The minimum Gasteiger partial charge on any atom is -0.508 e. The smallest absolute Gasteiger partial charge is 0.256 e. The van der Waals surface area contributed by atoms with E-state index in [1.807, 2.05) is 0 Å². The molecule has 156 valence electrons. The molecule has 2 unspecified atom stereocenters. The second-order valence-electron chi connectivity index (χ2n) is 7.24. The largest absolute Gasteiger partial charge is 0.508 e. The molecular weight excluding hydrogens is 408 g/mol. The van der Waals surface area contributed by atoms with Gasteiger partial charge >= 0.3 is 0 Å². The Hall–Kier alpha value is -3.24. The number of hydrogen-bond donors (Lipinski definition) is 4. The first kappa shape index (κ1) is 20.0. The van der Waals surface area contributed by atoms with E-state index in [-0.39, 0.29) is 43.0 Å². The van der Waals surface area contributed by atoms with Crippen molar-refractivity contribution in [3.05, 3.63) is 51.2 Å². The van der Waals surface area contributed by atoms with Crippen molar-refractivity contribution in [1.82, 2.24) is 15.5 Å². The van der Waals surface area contributed by atoms with Gasteiger partial charge in [0.15, 0.2) is 0 Å². The summed E-state index contributed by atoms with van der Waals surface area (Å²) in [6.45, 7) is 0.472. The van der Waals surface area contributed by atoms with Gasteiger partial charge in [-0.3, -0.25) is 24.5 Å². The fourth-order valence-electron chi connectivity index (χ4n) is 3.66. The van der Waals surface area contributed by atoms with Crippen LogP contribution in [0, 0.1) is 0 Å². The molecule has 0 spiro atoms. The second kappa shape index (κ2) is 7.88. The van der Waals surface area contributed by atoms with E-state index < -0.39 is 18.0 Å². The topological polar surface area (TPSA) is 142 Å². The Balaban J connectivity index is 1.42. The zero-order valence-corrected chi connectivity index (χ0v) is 16.7. The summed E-state index contributed by atoms with van der Waals surface area (Å²) in [5.41, 5.74) is 7.86. The van der Waals surface area contributed by atoms with Gasteiger partial charge in [-0.25, -0.2) is 0 Å². The van der Waals surface area contributed by atoms with Crippen LogP contribution in [0.1, 0.15) is 45.2 Å². The van der Waals surface area contributed by atoms with Crippen LogP contribution in [0.3, 0.4) is 0 Å². The van der Waals surface area contributed by atoms with Crippen molar-refractivity contribution in [3.63, 3.8) is 0 Å². The lowest BCUT2D eigenvalue weighted by Crippen LogP contribution is -2.52. The molecule has 3 heterocycles. The molecule has 5 N–H and O–H groups in total. The fourth-order valence-corrected chi connectivity index (χ4v) is 4.64. The Kier molecular flexibility index (Phi) is 5.27. The fraction of sp³-hybridized carbons (Fsp3) is 0.300. The summed E-state index contributed by atoms with van der Waals surface area (Å²) in [4.78, 5) is 50.9. The van der Waals surface area contributed by atoms with Crippen molar-refractivity contribution in [2.45, 2.75) is 38.0 Å². The number of nitrogens with two attached hydrogens (primary N) is 1. The highest BCUT2D eigenvalue weighted by Gasteiger charge is 2.40. The van der Waals surface area contributed by atoms with Crippen LogP contribution in [0.15, 0.2) is 29.6 Å². The molecule has 1 aromatic heterocycles. The third kappa shape index (κ3) is 3.66.